The average molecular weight is 271 g/mol. The van der Waals surface area contributed by atoms with Crippen molar-refractivity contribution in [1.29, 1.82) is 0 Å². The summed E-state index contributed by atoms with van der Waals surface area (Å²) >= 11 is 0. The van der Waals surface area contributed by atoms with E-state index in [9.17, 15) is 4.79 Å². The van der Waals surface area contributed by atoms with Gasteiger partial charge in [-0.3, -0.25) is 14.8 Å². The lowest BCUT2D eigenvalue weighted by Gasteiger charge is -2.05. The zero-order chi connectivity index (χ0) is 14.5. The number of oxime groups is 1. The topological polar surface area (TPSA) is 113 Å². The Bertz CT molecular complexity index is 652. The Kier molecular flexibility index (Phi) is 3.90. The molecule has 2 aromatic heterocycles. The summed E-state index contributed by atoms with van der Waals surface area (Å²) in [5.41, 5.74) is 7.60. The van der Waals surface area contributed by atoms with Gasteiger partial charge in [0.2, 0.25) is 0 Å². The van der Waals surface area contributed by atoms with Crippen LogP contribution >= 0.6 is 0 Å². The zero-order valence-corrected chi connectivity index (χ0v) is 10.7. The van der Waals surface area contributed by atoms with Gasteiger partial charge in [0.25, 0.3) is 5.91 Å². The lowest BCUT2D eigenvalue weighted by atomic mass is 10.2. The van der Waals surface area contributed by atoms with Gasteiger partial charge in [-0.25, -0.2) is 0 Å². The highest BCUT2D eigenvalue weighted by Gasteiger charge is 2.09. The largest absolute Gasteiger partial charge is 0.409 e. The van der Waals surface area contributed by atoms with Gasteiger partial charge in [0.15, 0.2) is 5.84 Å². The summed E-state index contributed by atoms with van der Waals surface area (Å²) in [4.78, 5) is 19.9. The number of amidine groups is 1. The third kappa shape index (κ3) is 3.08. The quantitative estimate of drug-likeness (QED) is 0.335. The molecule has 0 saturated heterocycles. The molecule has 0 fully saturated rings. The standard InChI is InChI=1S/C13H13N5O2/c1-8-4-10(7-15-5-8)17-13(19)11-3-2-9(6-16-11)12(14)18-20/h2-7,20H,1H3,(H2,14,18)(H,17,19). The Hall–Kier alpha value is -2.96. The van der Waals surface area contributed by atoms with Crippen molar-refractivity contribution in [2.24, 2.45) is 10.9 Å². The Balaban J connectivity index is 2.14. The maximum atomic E-state index is 12.0. The van der Waals surface area contributed by atoms with E-state index in [2.05, 4.69) is 20.4 Å². The molecule has 0 aliphatic heterocycles. The van der Waals surface area contributed by atoms with Gasteiger partial charge in [0.1, 0.15) is 5.69 Å². The summed E-state index contributed by atoms with van der Waals surface area (Å²) < 4.78 is 0. The molecule has 0 aliphatic carbocycles. The van der Waals surface area contributed by atoms with Gasteiger partial charge < -0.3 is 16.3 Å². The summed E-state index contributed by atoms with van der Waals surface area (Å²) in [5, 5.41) is 14.1. The van der Waals surface area contributed by atoms with E-state index < -0.39 is 0 Å². The number of rotatable bonds is 3. The molecule has 4 N–H and O–H groups in total. The van der Waals surface area contributed by atoms with E-state index >= 15 is 0 Å². The third-order valence-electron chi connectivity index (χ3n) is 2.53. The van der Waals surface area contributed by atoms with E-state index in [1.807, 2.05) is 6.92 Å². The van der Waals surface area contributed by atoms with E-state index in [1.165, 1.54) is 12.3 Å². The molecule has 0 aliphatic rings. The molecule has 0 spiro atoms. The molecular weight excluding hydrogens is 258 g/mol. The van der Waals surface area contributed by atoms with Gasteiger partial charge in [0, 0.05) is 18.0 Å². The zero-order valence-electron chi connectivity index (χ0n) is 10.7. The number of aryl methyl sites for hydroxylation is 1. The van der Waals surface area contributed by atoms with Crippen molar-refractivity contribution < 1.29 is 10.0 Å². The predicted molar refractivity (Wildman–Crippen MR) is 73.7 cm³/mol. The summed E-state index contributed by atoms with van der Waals surface area (Å²) in [5.74, 6) is -0.421. The normalized spacial score (nSPS) is 11.2. The molecule has 2 heterocycles. The van der Waals surface area contributed by atoms with Crippen molar-refractivity contribution in [2.45, 2.75) is 6.92 Å². The van der Waals surface area contributed by atoms with Gasteiger partial charge in [0.05, 0.1) is 11.9 Å². The highest BCUT2D eigenvalue weighted by Crippen LogP contribution is 2.09. The van der Waals surface area contributed by atoms with Gasteiger partial charge in [-0.15, -0.1) is 0 Å². The molecule has 0 unspecified atom stereocenters. The minimum absolute atomic E-state index is 0.0626. The van der Waals surface area contributed by atoms with Gasteiger partial charge in [-0.2, -0.15) is 0 Å². The number of pyridine rings is 2. The van der Waals surface area contributed by atoms with Gasteiger partial charge in [-0.05, 0) is 30.7 Å². The first-order valence-corrected chi connectivity index (χ1v) is 5.77. The number of hydrogen-bond acceptors (Lipinski definition) is 5. The smallest absolute Gasteiger partial charge is 0.274 e. The highest BCUT2D eigenvalue weighted by molar-refractivity contribution is 6.03. The molecule has 0 aromatic carbocycles. The molecule has 7 nitrogen and oxygen atoms in total. The predicted octanol–water partition coefficient (Wildman–Crippen LogP) is 1.13. The lowest BCUT2D eigenvalue weighted by molar-refractivity contribution is 0.102. The molecule has 2 aromatic rings. The number of nitrogens with one attached hydrogen (secondary N) is 1. The second-order valence-electron chi connectivity index (χ2n) is 4.12. The number of hydrogen-bond donors (Lipinski definition) is 3. The van der Waals surface area contributed by atoms with Crippen LogP contribution in [0.4, 0.5) is 5.69 Å². The minimum atomic E-state index is -0.358. The molecule has 0 saturated carbocycles. The van der Waals surface area contributed by atoms with Crippen molar-refractivity contribution in [2.75, 3.05) is 5.32 Å². The molecule has 1 amide bonds. The fourth-order valence-corrected chi connectivity index (χ4v) is 1.56. The minimum Gasteiger partial charge on any atom is -0.409 e. The van der Waals surface area contributed by atoms with E-state index in [4.69, 9.17) is 10.9 Å². The van der Waals surface area contributed by atoms with Crippen molar-refractivity contribution in [3.8, 4) is 0 Å². The molecule has 0 atom stereocenters. The fourth-order valence-electron chi connectivity index (χ4n) is 1.56. The van der Waals surface area contributed by atoms with Crippen LogP contribution in [0.5, 0.6) is 0 Å². The molecule has 20 heavy (non-hydrogen) atoms. The molecular formula is C13H13N5O2. The van der Waals surface area contributed by atoms with Crippen LogP contribution < -0.4 is 11.1 Å². The number of amides is 1. The lowest BCUT2D eigenvalue weighted by Crippen LogP contribution is -2.16. The first-order valence-electron chi connectivity index (χ1n) is 5.77. The Labute approximate surface area is 115 Å². The monoisotopic (exact) mass is 271 g/mol. The van der Waals surface area contributed by atoms with Crippen LogP contribution in [0.3, 0.4) is 0 Å². The number of nitrogens with zero attached hydrogens (tertiary/aromatic N) is 3. The second-order valence-corrected chi connectivity index (χ2v) is 4.12. The van der Waals surface area contributed by atoms with Crippen LogP contribution in [0.1, 0.15) is 21.6 Å². The maximum absolute atomic E-state index is 12.0. The highest BCUT2D eigenvalue weighted by atomic mass is 16.4. The van der Waals surface area contributed by atoms with Crippen LogP contribution in [0, 0.1) is 6.92 Å². The first kappa shape index (κ1) is 13.5. The fraction of sp³-hybridized carbons (Fsp3) is 0.0769. The number of aromatic nitrogens is 2. The first-order chi connectivity index (χ1) is 9.60. The van der Waals surface area contributed by atoms with Crippen LogP contribution in [0.15, 0.2) is 41.9 Å². The van der Waals surface area contributed by atoms with Crippen LogP contribution in [0.25, 0.3) is 0 Å². The Morgan fingerprint density at radius 3 is 2.75 bits per heavy atom. The summed E-state index contributed by atoms with van der Waals surface area (Å²) in [6.45, 7) is 1.88. The van der Waals surface area contributed by atoms with Gasteiger partial charge in [-0.1, -0.05) is 5.16 Å². The van der Waals surface area contributed by atoms with E-state index in [0.29, 0.717) is 11.3 Å². The van der Waals surface area contributed by atoms with Crippen LogP contribution in [-0.2, 0) is 0 Å². The molecule has 102 valence electrons. The average Bonchev–Trinajstić information content (AvgIpc) is 2.46. The molecule has 0 radical (unpaired) electrons. The number of carbonyl (C=O) groups excluding carboxylic acids is 1. The third-order valence-corrected chi connectivity index (χ3v) is 2.53. The summed E-state index contributed by atoms with van der Waals surface area (Å²) in [6.07, 6.45) is 4.60. The van der Waals surface area contributed by atoms with Crippen molar-refractivity contribution in [3.05, 3.63) is 53.6 Å². The molecule has 7 heteroatoms. The van der Waals surface area contributed by atoms with Gasteiger partial charge >= 0.3 is 0 Å². The van der Waals surface area contributed by atoms with Crippen molar-refractivity contribution in [3.63, 3.8) is 0 Å². The number of carbonyl (C=O) groups is 1. The number of anilines is 1. The SMILES string of the molecule is Cc1cncc(NC(=O)c2ccc(/C(N)=N/O)cn2)c1. The van der Waals surface area contributed by atoms with Crippen LogP contribution in [-0.4, -0.2) is 26.9 Å². The summed E-state index contributed by atoms with van der Waals surface area (Å²) in [7, 11) is 0. The summed E-state index contributed by atoms with van der Waals surface area (Å²) in [6, 6.07) is 4.84. The second kappa shape index (κ2) is 5.79. The Morgan fingerprint density at radius 2 is 2.15 bits per heavy atom. The van der Waals surface area contributed by atoms with Crippen molar-refractivity contribution in [1.82, 2.24) is 9.97 Å². The Morgan fingerprint density at radius 1 is 1.35 bits per heavy atom. The number of nitrogens with two attached hydrogens (primary N) is 1. The van der Waals surface area contributed by atoms with E-state index in [0.717, 1.165) is 5.56 Å². The molecule has 2 rings (SSSR count). The van der Waals surface area contributed by atoms with E-state index in [1.54, 1.807) is 24.5 Å². The van der Waals surface area contributed by atoms with E-state index in [-0.39, 0.29) is 17.4 Å². The molecule has 0 bridgehead atoms. The van der Waals surface area contributed by atoms with Crippen molar-refractivity contribution >= 4 is 17.4 Å². The maximum Gasteiger partial charge on any atom is 0.274 e. The van der Waals surface area contributed by atoms with Crippen LogP contribution in [0.2, 0.25) is 0 Å².